The molecular weight excluding hydrogens is 284 g/mol. The maximum absolute atomic E-state index is 4.25. The predicted molar refractivity (Wildman–Crippen MR) is 105 cm³/mol. The van der Waals surface area contributed by atoms with Crippen LogP contribution in [-0.4, -0.2) is 5.75 Å². The molecule has 0 amide bonds. The second kappa shape index (κ2) is 15.7. The van der Waals surface area contributed by atoms with E-state index < -0.39 is 0 Å². The van der Waals surface area contributed by atoms with Gasteiger partial charge in [-0.3, -0.25) is 0 Å². The van der Waals surface area contributed by atoms with E-state index in [4.69, 9.17) is 0 Å². The third kappa shape index (κ3) is 12.4. The van der Waals surface area contributed by atoms with Crippen molar-refractivity contribution in [1.29, 1.82) is 0 Å². The molecule has 1 heteroatoms. The summed E-state index contributed by atoms with van der Waals surface area (Å²) in [6, 6.07) is 0. The van der Waals surface area contributed by atoms with Crippen molar-refractivity contribution in [2.24, 2.45) is 0 Å². The van der Waals surface area contributed by atoms with Crippen molar-refractivity contribution in [3.63, 3.8) is 0 Å². The first-order chi connectivity index (χ1) is 10.9. The molecule has 0 heterocycles. The highest BCUT2D eigenvalue weighted by Gasteiger charge is 1.99. The molecule has 0 spiro atoms. The molecule has 22 heavy (non-hydrogen) atoms. The lowest BCUT2D eigenvalue weighted by atomic mass is 10.0. The minimum absolute atomic E-state index is 1.06. The zero-order valence-electron chi connectivity index (χ0n) is 14.7. The van der Waals surface area contributed by atoms with Gasteiger partial charge in [0.15, 0.2) is 0 Å². The molecule has 0 saturated carbocycles. The minimum Gasteiger partial charge on any atom is -0.179 e. The predicted octanol–water partition coefficient (Wildman–Crippen LogP) is 7.65. The Morgan fingerprint density at radius 2 is 1.09 bits per heavy atom. The molecule has 128 valence electrons. The molecule has 0 aromatic rings. The van der Waals surface area contributed by atoms with E-state index in [2.05, 4.69) is 30.9 Å². The number of rotatable bonds is 16. The van der Waals surface area contributed by atoms with Gasteiger partial charge in [-0.2, -0.15) is 12.6 Å². The fraction of sp³-hybridized carbons (Fsp3) is 0.810. The summed E-state index contributed by atoms with van der Waals surface area (Å²) in [6.07, 6.45) is 29.4. The SMILES string of the molecule is SCCCCCCCCCCCCCCCCC1=CC=CC1. The van der Waals surface area contributed by atoms with Crippen molar-refractivity contribution in [1.82, 2.24) is 0 Å². The van der Waals surface area contributed by atoms with Crippen LogP contribution >= 0.6 is 12.6 Å². The van der Waals surface area contributed by atoms with E-state index in [1.54, 1.807) is 5.57 Å². The number of allylic oxidation sites excluding steroid dienone is 4. The molecule has 0 radical (unpaired) electrons. The molecule has 0 N–H and O–H groups in total. The lowest BCUT2D eigenvalue weighted by Gasteiger charge is -2.04. The Balaban J connectivity index is 1.66. The normalized spacial score (nSPS) is 13.8. The smallest absolute Gasteiger partial charge is 0.00979 e. The molecular formula is C21H38S. The zero-order chi connectivity index (χ0) is 15.7. The van der Waals surface area contributed by atoms with Gasteiger partial charge in [-0.25, -0.2) is 0 Å². The second-order valence-corrected chi connectivity index (χ2v) is 7.33. The number of unbranched alkanes of at least 4 members (excludes halogenated alkanes) is 13. The van der Waals surface area contributed by atoms with Crippen LogP contribution in [0.4, 0.5) is 0 Å². The van der Waals surface area contributed by atoms with Crippen molar-refractivity contribution in [3.8, 4) is 0 Å². The van der Waals surface area contributed by atoms with Crippen molar-refractivity contribution in [2.75, 3.05) is 5.75 Å². The Kier molecular flexibility index (Phi) is 14.2. The fourth-order valence-electron chi connectivity index (χ4n) is 3.26. The highest BCUT2D eigenvalue weighted by Crippen LogP contribution is 2.19. The topological polar surface area (TPSA) is 0 Å². The van der Waals surface area contributed by atoms with Gasteiger partial charge < -0.3 is 0 Å². The van der Waals surface area contributed by atoms with Gasteiger partial charge in [0.05, 0.1) is 0 Å². The van der Waals surface area contributed by atoms with Crippen LogP contribution in [0.2, 0.25) is 0 Å². The molecule has 0 aliphatic heterocycles. The van der Waals surface area contributed by atoms with Crippen LogP contribution in [0, 0.1) is 0 Å². The molecule has 1 aliphatic rings. The van der Waals surface area contributed by atoms with Crippen LogP contribution in [0.15, 0.2) is 23.8 Å². The number of hydrogen-bond acceptors (Lipinski definition) is 1. The van der Waals surface area contributed by atoms with Gasteiger partial charge in [0.25, 0.3) is 0 Å². The van der Waals surface area contributed by atoms with Crippen molar-refractivity contribution >= 4 is 12.6 Å². The van der Waals surface area contributed by atoms with Crippen molar-refractivity contribution in [2.45, 2.75) is 103 Å². The summed E-state index contributed by atoms with van der Waals surface area (Å²) in [4.78, 5) is 0. The monoisotopic (exact) mass is 322 g/mol. The second-order valence-electron chi connectivity index (χ2n) is 6.88. The van der Waals surface area contributed by atoms with E-state index in [9.17, 15) is 0 Å². The van der Waals surface area contributed by atoms with Gasteiger partial charge in [0.1, 0.15) is 0 Å². The van der Waals surface area contributed by atoms with E-state index in [1.807, 2.05) is 0 Å². The van der Waals surface area contributed by atoms with Crippen molar-refractivity contribution < 1.29 is 0 Å². The van der Waals surface area contributed by atoms with Crippen LogP contribution < -0.4 is 0 Å². The largest absolute Gasteiger partial charge is 0.179 e. The lowest BCUT2D eigenvalue weighted by Crippen LogP contribution is -1.84. The summed E-state index contributed by atoms with van der Waals surface area (Å²) in [5.41, 5.74) is 1.64. The van der Waals surface area contributed by atoms with Gasteiger partial charge >= 0.3 is 0 Å². The van der Waals surface area contributed by atoms with E-state index in [0.717, 1.165) is 5.75 Å². The molecule has 0 nitrogen and oxygen atoms in total. The van der Waals surface area contributed by atoms with Crippen LogP contribution in [0.25, 0.3) is 0 Å². The summed E-state index contributed by atoms with van der Waals surface area (Å²) >= 11 is 4.25. The highest BCUT2D eigenvalue weighted by atomic mass is 32.1. The van der Waals surface area contributed by atoms with Crippen LogP contribution in [0.1, 0.15) is 103 Å². The molecule has 0 fully saturated rings. The summed E-state index contributed by atoms with van der Waals surface area (Å²) in [5, 5.41) is 0. The van der Waals surface area contributed by atoms with Gasteiger partial charge in [-0.05, 0) is 31.4 Å². The first-order valence-electron chi connectivity index (χ1n) is 9.89. The third-order valence-corrected chi connectivity index (χ3v) is 5.07. The lowest BCUT2D eigenvalue weighted by molar-refractivity contribution is 0.535. The molecule has 0 atom stereocenters. The number of thiol groups is 1. The molecule has 0 bridgehead atoms. The first-order valence-corrected chi connectivity index (χ1v) is 10.5. The summed E-state index contributed by atoms with van der Waals surface area (Å²) in [5.74, 6) is 1.06. The molecule has 1 rings (SSSR count). The van der Waals surface area contributed by atoms with Gasteiger partial charge in [-0.15, -0.1) is 0 Å². The zero-order valence-corrected chi connectivity index (χ0v) is 15.6. The van der Waals surface area contributed by atoms with Gasteiger partial charge in [-0.1, -0.05) is 101 Å². The standard InChI is InChI=1S/C21H38S/c22-20-16-12-10-8-6-4-2-1-3-5-7-9-11-13-17-21-18-14-15-19-21/h14-15,18,22H,1-13,16-17,19-20H2. The van der Waals surface area contributed by atoms with E-state index in [0.29, 0.717) is 0 Å². The Morgan fingerprint density at radius 3 is 1.50 bits per heavy atom. The molecule has 0 aromatic heterocycles. The average Bonchev–Trinajstić information content (AvgIpc) is 3.04. The Hall–Kier alpha value is -0.170. The summed E-state index contributed by atoms with van der Waals surface area (Å²) in [7, 11) is 0. The van der Waals surface area contributed by atoms with Gasteiger partial charge in [0, 0.05) is 0 Å². The van der Waals surface area contributed by atoms with Crippen LogP contribution in [0.5, 0.6) is 0 Å². The molecule has 0 unspecified atom stereocenters. The maximum atomic E-state index is 4.25. The molecule has 0 aromatic carbocycles. The summed E-state index contributed by atoms with van der Waals surface area (Å²) in [6.45, 7) is 0. The third-order valence-electron chi connectivity index (χ3n) is 4.75. The van der Waals surface area contributed by atoms with E-state index in [-0.39, 0.29) is 0 Å². The molecule has 0 saturated heterocycles. The fourth-order valence-corrected chi connectivity index (χ4v) is 3.49. The number of hydrogen-bond donors (Lipinski definition) is 1. The minimum atomic E-state index is 1.06. The van der Waals surface area contributed by atoms with Crippen molar-refractivity contribution in [3.05, 3.63) is 23.8 Å². The summed E-state index contributed by atoms with van der Waals surface area (Å²) < 4.78 is 0. The Morgan fingerprint density at radius 1 is 0.636 bits per heavy atom. The quantitative estimate of drug-likeness (QED) is 0.219. The Bertz CT molecular complexity index is 290. The van der Waals surface area contributed by atoms with Crippen LogP contribution in [0.3, 0.4) is 0 Å². The van der Waals surface area contributed by atoms with E-state index in [1.165, 1.54) is 103 Å². The average molecular weight is 323 g/mol. The highest BCUT2D eigenvalue weighted by molar-refractivity contribution is 7.80. The maximum Gasteiger partial charge on any atom is -0.00979 e. The van der Waals surface area contributed by atoms with Crippen LogP contribution in [-0.2, 0) is 0 Å². The Labute approximate surface area is 145 Å². The molecule has 1 aliphatic carbocycles. The van der Waals surface area contributed by atoms with E-state index >= 15 is 0 Å². The van der Waals surface area contributed by atoms with Gasteiger partial charge in [0.2, 0.25) is 0 Å². The first kappa shape index (κ1) is 19.9.